The van der Waals surface area contributed by atoms with Gasteiger partial charge in [0.25, 0.3) is 0 Å². The highest BCUT2D eigenvalue weighted by molar-refractivity contribution is 5.35. The van der Waals surface area contributed by atoms with Gasteiger partial charge in [-0.3, -0.25) is 0 Å². The first-order valence-corrected chi connectivity index (χ1v) is 8.44. The summed E-state index contributed by atoms with van der Waals surface area (Å²) in [5, 5.41) is 26.3. The fraction of sp³-hybridized carbons (Fsp3) is 0.176. The first kappa shape index (κ1) is 16.6. The lowest BCUT2D eigenvalue weighted by molar-refractivity contribution is 0.427. The highest BCUT2D eigenvalue weighted by Gasteiger charge is 2.10. The van der Waals surface area contributed by atoms with E-state index in [1.54, 1.807) is 9.36 Å². The molecule has 0 amide bonds. The molecule has 0 aliphatic carbocycles. The summed E-state index contributed by atoms with van der Waals surface area (Å²) >= 11 is 0. The van der Waals surface area contributed by atoms with Gasteiger partial charge in [0.05, 0.1) is 5.69 Å². The zero-order valence-electron chi connectivity index (χ0n) is 14.6. The number of aryl methyl sites for hydroxylation is 1. The molecule has 0 radical (unpaired) electrons. The first-order valence-electron chi connectivity index (χ1n) is 8.44. The number of para-hydroxylation sites is 1. The zero-order chi connectivity index (χ0) is 18.5. The van der Waals surface area contributed by atoms with E-state index in [1.165, 1.54) is 0 Å². The SMILES string of the molecule is CCn1nnnc1NCc1ccc(Oc2nnnn2-c2ccccc2)cc1. The Morgan fingerprint density at radius 3 is 2.48 bits per heavy atom. The Bertz CT molecular complexity index is 995. The van der Waals surface area contributed by atoms with Crippen molar-refractivity contribution in [2.45, 2.75) is 20.0 Å². The topological polar surface area (TPSA) is 108 Å². The third-order valence-electron chi connectivity index (χ3n) is 3.86. The number of hydrogen-bond donors (Lipinski definition) is 1. The Hall–Kier alpha value is -3.82. The molecule has 0 fully saturated rings. The minimum absolute atomic E-state index is 0.300. The number of anilines is 1. The van der Waals surface area contributed by atoms with Crippen molar-refractivity contribution >= 4 is 5.95 Å². The molecule has 0 bridgehead atoms. The van der Waals surface area contributed by atoms with Crippen LogP contribution in [0.5, 0.6) is 11.8 Å². The smallest absolute Gasteiger partial charge is 0.345 e. The normalized spacial score (nSPS) is 10.7. The fourth-order valence-electron chi connectivity index (χ4n) is 2.48. The lowest BCUT2D eigenvalue weighted by Gasteiger charge is -2.08. The van der Waals surface area contributed by atoms with E-state index >= 15 is 0 Å². The van der Waals surface area contributed by atoms with E-state index in [9.17, 15) is 0 Å². The lowest BCUT2D eigenvalue weighted by Crippen LogP contribution is -2.07. The average molecular weight is 363 g/mol. The number of nitrogens with one attached hydrogen (secondary N) is 1. The molecule has 10 heteroatoms. The fourth-order valence-corrected chi connectivity index (χ4v) is 2.48. The van der Waals surface area contributed by atoms with Gasteiger partial charge in [-0.1, -0.05) is 40.5 Å². The Morgan fingerprint density at radius 1 is 0.926 bits per heavy atom. The molecule has 2 heterocycles. The van der Waals surface area contributed by atoms with E-state index in [-0.39, 0.29) is 0 Å². The number of rotatable bonds is 7. The van der Waals surface area contributed by atoms with Crippen LogP contribution in [0.15, 0.2) is 54.6 Å². The molecule has 0 saturated heterocycles. The summed E-state index contributed by atoms with van der Waals surface area (Å²) in [6.07, 6.45) is 0. The second-order valence-electron chi connectivity index (χ2n) is 5.63. The summed E-state index contributed by atoms with van der Waals surface area (Å²) in [5.41, 5.74) is 1.89. The third-order valence-corrected chi connectivity index (χ3v) is 3.86. The number of benzene rings is 2. The Kier molecular flexibility index (Phi) is 4.68. The van der Waals surface area contributed by atoms with Gasteiger partial charge in [0.1, 0.15) is 5.75 Å². The largest absolute Gasteiger partial charge is 0.423 e. The number of hydrogen-bond acceptors (Lipinski definition) is 8. The Labute approximate surface area is 154 Å². The molecule has 0 saturated carbocycles. The van der Waals surface area contributed by atoms with Gasteiger partial charge in [-0.15, -0.1) is 0 Å². The van der Waals surface area contributed by atoms with Crippen LogP contribution in [0.3, 0.4) is 0 Å². The number of nitrogens with zero attached hydrogens (tertiary/aromatic N) is 8. The molecule has 0 atom stereocenters. The molecule has 1 N–H and O–H groups in total. The van der Waals surface area contributed by atoms with E-state index in [4.69, 9.17) is 4.74 Å². The van der Waals surface area contributed by atoms with Crippen LogP contribution in [0.25, 0.3) is 5.69 Å². The molecule has 10 nitrogen and oxygen atoms in total. The van der Waals surface area contributed by atoms with Gasteiger partial charge in [-0.25, -0.2) is 4.68 Å². The number of tetrazole rings is 2. The van der Waals surface area contributed by atoms with Gasteiger partial charge in [0.2, 0.25) is 5.95 Å². The summed E-state index contributed by atoms with van der Waals surface area (Å²) in [5.74, 6) is 1.28. The second kappa shape index (κ2) is 7.60. The molecule has 0 spiro atoms. The van der Waals surface area contributed by atoms with Crippen molar-refractivity contribution in [3.63, 3.8) is 0 Å². The van der Waals surface area contributed by atoms with Crippen molar-refractivity contribution in [2.75, 3.05) is 5.32 Å². The maximum atomic E-state index is 5.82. The molecular weight excluding hydrogens is 346 g/mol. The first-order chi connectivity index (χ1) is 13.3. The summed E-state index contributed by atoms with van der Waals surface area (Å²) in [7, 11) is 0. The van der Waals surface area contributed by atoms with Crippen LogP contribution < -0.4 is 10.1 Å². The lowest BCUT2D eigenvalue weighted by atomic mass is 10.2. The standard InChI is InChI=1S/C17H17N9O/c1-2-25-16(19-21-23-25)18-12-13-8-10-15(11-9-13)27-17-20-22-24-26(17)14-6-4-3-5-7-14/h3-11H,2,12H2,1H3,(H,18,19,23). The van der Waals surface area contributed by atoms with Crippen LogP contribution in [0.2, 0.25) is 0 Å². The molecule has 27 heavy (non-hydrogen) atoms. The minimum Gasteiger partial charge on any atom is -0.423 e. The minimum atomic E-state index is 0.300. The molecule has 4 aromatic rings. The van der Waals surface area contributed by atoms with Crippen LogP contribution in [0.1, 0.15) is 12.5 Å². The van der Waals surface area contributed by atoms with Crippen LogP contribution in [-0.2, 0) is 13.1 Å². The molecule has 2 aromatic heterocycles. The third kappa shape index (κ3) is 3.73. The monoisotopic (exact) mass is 363 g/mol. The van der Waals surface area contributed by atoms with Crippen LogP contribution >= 0.6 is 0 Å². The van der Waals surface area contributed by atoms with Crippen LogP contribution in [0.4, 0.5) is 5.95 Å². The molecule has 136 valence electrons. The highest BCUT2D eigenvalue weighted by atomic mass is 16.5. The predicted molar refractivity (Wildman–Crippen MR) is 96.5 cm³/mol. The molecule has 2 aromatic carbocycles. The number of aromatic nitrogens is 8. The maximum Gasteiger partial charge on any atom is 0.345 e. The maximum absolute atomic E-state index is 5.82. The number of ether oxygens (including phenoxy) is 1. The van der Waals surface area contributed by atoms with E-state index < -0.39 is 0 Å². The molecular formula is C17H17N9O. The van der Waals surface area contributed by atoms with Crippen LogP contribution in [0, 0.1) is 0 Å². The summed E-state index contributed by atoms with van der Waals surface area (Å²) in [6, 6.07) is 17.5. The van der Waals surface area contributed by atoms with Crippen molar-refractivity contribution < 1.29 is 4.74 Å². The van der Waals surface area contributed by atoms with E-state index in [0.717, 1.165) is 11.3 Å². The molecule has 0 aliphatic heterocycles. The quantitative estimate of drug-likeness (QED) is 0.531. The van der Waals surface area contributed by atoms with Gasteiger partial charge in [0, 0.05) is 13.1 Å². The van der Waals surface area contributed by atoms with Crippen molar-refractivity contribution in [1.29, 1.82) is 0 Å². The molecule has 4 rings (SSSR count). The zero-order valence-corrected chi connectivity index (χ0v) is 14.6. The van der Waals surface area contributed by atoms with Crippen molar-refractivity contribution in [1.82, 2.24) is 40.4 Å². The second-order valence-corrected chi connectivity index (χ2v) is 5.63. The van der Waals surface area contributed by atoms with Gasteiger partial charge in [-0.05, 0) is 57.6 Å². The summed E-state index contributed by atoms with van der Waals surface area (Å²) < 4.78 is 9.05. The van der Waals surface area contributed by atoms with E-state index in [2.05, 4.69) is 36.4 Å². The summed E-state index contributed by atoms with van der Waals surface area (Å²) in [4.78, 5) is 0. The van der Waals surface area contributed by atoms with Gasteiger partial charge >= 0.3 is 6.01 Å². The van der Waals surface area contributed by atoms with Gasteiger partial charge < -0.3 is 10.1 Å². The van der Waals surface area contributed by atoms with E-state index in [0.29, 0.717) is 30.8 Å². The molecule has 0 aliphatic rings. The van der Waals surface area contributed by atoms with Crippen molar-refractivity contribution in [2.24, 2.45) is 0 Å². The molecule has 0 unspecified atom stereocenters. The van der Waals surface area contributed by atoms with Crippen LogP contribution in [-0.4, -0.2) is 40.4 Å². The highest BCUT2D eigenvalue weighted by Crippen LogP contribution is 2.21. The van der Waals surface area contributed by atoms with E-state index in [1.807, 2.05) is 61.5 Å². The Morgan fingerprint density at radius 2 is 1.70 bits per heavy atom. The van der Waals surface area contributed by atoms with Gasteiger partial charge in [0.15, 0.2) is 0 Å². The van der Waals surface area contributed by atoms with Crippen molar-refractivity contribution in [3.8, 4) is 17.4 Å². The average Bonchev–Trinajstić information content (AvgIpc) is 3.37. The van der Waals surface area contributed by atoms with Crippen molar-refractivity contribution in [3.05, 3.63) is 60.2 Å². The Balaban J connectivity index is 1.42. The van der Waals surface area contributed by atoms with Gasteiger partial charge in [-0.2, -0.15) is 4.68 Å². The predicted octanol–water partition coefficient (Wildman–Crippen LogP) is 2.07. The summed E-state index contributed by atoms with van der Waals surface area (Å²) in [6.45, 7) is 3.29.